The molecule has 1 aromatic rings. The van der Waals surface area contributed by atoms with Crippen LogP contribution >= 0.6 is 11.8 Å². The molecule has 19 heavy (non-hydrogen) atoms. The van der Waals surface area contributed by atoms with Gasteiger partial charge in [0.1, 0.15) is 5.69 Å². The van der Waals surface area contributed by atoms with Gasteiger partial charge in [0.2, 0.25) is 5.82 Å². The lowest BCUT2D eigenvalue weighted by molar-refractivity contribution is -0.384. The summed E-state index contributed by atoms with van der Waals surface area (Å²) in [4.78, 5) is 10.9. The van der Waals surface area contributed by atoms with Crippen molar-refractivity contribution in [2.24, 2.45) is 0 Å². The molecular weight excluding hydrogens is 264 g/mol. The number of nitrogens with one attached hydrogen (secondary N) is 1. The van der Waals surface area contributed by atoms with E-state index in [1.165, 1.54) is 0 Å². The van der Waals surface area contributed by atoms with Crippen LogP contribution in [0.25, 0.3) is 0 Å². The van der Waals surface area contributed by atoms with E-state index in [0.29, 0.717) is 17.6 Å². The highest BCUT2D eigenvalue weighted by Gasteiger charge is 2.28. The molecule has 0 atom stereocenters. The summed E-state index contributed by atoms with van der Waals surface area (Å²) in [5.41, 5.74) is 0.596. The molecule has 0 radical (unpaired) electrons. The largest absolute Gasteiger partial charge is 0.362 e. The van der Waals surface area contributed by atoms with Crippen molar-refractivity contribution in [1.29, 1.82) is 0 Å². The Balaban J connectivity index is 2.32. The first-order valence-electron chi connectivity index (χ1n) is 6.58. The van der Waals surface area contributed by atoms with Crippen LogP contribution in [0.5, 0.6) is 0 Å². The van der Waals surface area contributed by atoms with Crippen molar-refractivity contribution in [3.8, 4) is 0 Å². The van der Waals surface area contributed by atoms with Crippen LogP contribution in [-0.2, 0) is 0 Å². The van der Waals surface area contributed by atoms with Crippen molar-refractivity contribution in [3.63, 3.8) is 0 Å². The fourth-order valence-corrected chi connectivity index (χ4v) is 3.41. The zero-order valence-electron chi connectivity index (χ0n) is 11.5. The highest BCUT2D eigenvalue weighted by molar-refractivity contribution is 7.99. The second-order valence-corrected chi connectivity index (χ2v) is 6.33. The van der Waals surface area contributed by atoms with Gasteiger partial charge in [0.05, 0.1) is 4.92 Å². The molecule has 0 aliphatic carbocycles. The molecule has 1 saturated heterocycles. The van der Waals surface area contributed by atoms with Gasteiger partial charge in [0.25, 0.3) is 0 Å². The number of nitrogens with zero attached hydrogens (tertiary/aromatic N) is 3. The van der Waals surface area contributed by atoms with Crippen LogP contribution in [-0.4, -0.2) is 32.3 Å². The Morgan fingerprint density at radius 2 is 2.11 bits per heavy atom. The molecule has 7 heteroatoms. The highest BCUT2D eigenvalue weighted by atomic mass is 32.2. The van der Waals surface area contributed by atoms with Gasteiger partial charge in [-0.1, -0.05) is 0 Å². The van der Waals surface area contributed by atoms with Crippen molar-refractivity contribution in [2.75, 3.05) is 16.8 Å². The SMILES string of the molecule is Cc1nn(C(C)C)c(NC2CCSCC2)c1[N+](=O)[O-]. The van der Waals surface area contributed by atoms with Crippen LogP contribution in [0.3, 0.4) is 0 Å². The minimum atomic E-state index is -0.332. The van der Waals surface area contributed by atoms with Crippen molar-refractivity contribution in [2.45, 2.75) is 45.7 Å². The first-order valence-corrected chi connectivity index (χ1v) is 7.74. The summed E-state index contributed by atoms with van der Waals surface area (Å²) >= 11 is 1.94. The molecule has 0 spiro atoms. The molecule has 0 unspecified atom stereocenters. The summed E-state index contributed by atoms with van der Waals surface area (Å²) in [7, 11) is 0. The smallest absolute Gasteiger partial charge is 0.333 e. The fraction of sp³-hybridized carbons (Fsp3) is 0.750. The number of aromatic nitrogens is 2. The van der Waals surface area contributed by atoms with E-state index in [0.717, 1.165) is 24.3 Å². The van der Waals surface area contributed by atoms with Crippen LogP contribution in [0.15, 0.2) is 0 Å². The molecule has 2 heterocycles. The first kappa shape index (κ1) is 14.2. The van der Waals surface area contributed by atoms with E-state index in [4.69, 9.17) is 0 Å². The summed E-state index contributed by atoms with van der Waals surface area (Å²) in [6.45, 7) is 5.66. The second-order valence-electron chi connectivity index (χ2n) is 5.11. The average Bonchev–Trinajstić information content (AvgIpc) is 2.67. The van der Waals surface area contributed by atoms with Gasteiger partial charge in [-0.3, -0.25) is 10.1 Å². The summed E-state index contributed by atoms with van der Waals surface area (Å²) in [5, 5.41) is 18.9. The van der Waals surface area contributed by atoms with E-state index >= 15 is 0 Å². The molecule has 1 N–H and O–H groups in total. The van der Waals surface area contributed by atoms with E-state index in [2.05, 4.69) is 10.4 Å². The van der Waals surface area contributed by atoms with Crippen molar-refractivity contribution < 1.29 is 4.92 Å². The van der Waals surface area contributed by atoms with Crippen molar-refractivity contribution >= 4 is 23.3 Å². The van der Waals surface area contributed by atoms with Crippen LogP contribution in [0, 0.1) is 17.0 Å². The monoisotopic (exact) mass is 284 g/mol. The van der Waals surface area contributed by atoms with Crippen LogP contribution in [0.4, 0.5) is 11.5 Å². The topological polar surface area (TPSA) is 73.0 Å². The molecule has 106 valence electrons. The number of aryl methyl sites for hydroxylation is 1. The van der Waals surface area contributed by atoms with E-state index < -0.39 is 0 Å². The summed E-state index contributed by atoms with van der Waals surface area (Å²) in [6.07, 6.45) is 2.09. The molecule has 1 aliphatic rings. The molecule has 6 nitrogen and oxygen atoms in total. The maximum absolute atomic E-state index is 11.2. The third kappa shape index (κ3) is 3.02. The molecule has 0 aromatic carbocycles. The number of anilines is 1. The van der Waals surface area contributed by atoms with Crippen molar-refractivity contribution in [1.82, 2.24) is 9.78 Å². The predicted molar refractivity (Wildman–Crippen MR) is 78.0 cm³/mol. The third-order valence-electron chi connectivity index (χ3n) is 3.29. The van der Waals surface area contributed by atoms with Crippen LogP contribution < -0.4 is 5.32 Å². The number of hydrogen-bond donors (Lipinski definition) is 1. The first-order chi connectivity index (χ1) is 9.00. The van der Waals surface area contributed by atoms with Gasteiger partial charge in [0, 0.05) is 12.1 Å². The van der Waals surface area contributed by atoms with Crippen LogP contribution in [0.2, 0.25) is 0 Å². The Labute approximate surface area is 117 Å². The number of rotatable bonds is 4. The second kappa shape index (κ2) is 5.81. The quantitative estimate of drug-likeness (QED) is 0.679. The van der Waals surface area contributed by atoms with Crippen molar-refractivity contribution in [3.05, 3.63) is 15.8 Å². The Morgan fingerprint density at radius 3 is 2.63 bits per heavy atom. The van der Waals surface area contributed by atoms with Gasteiger partial charge in [-0.2, -0.15) is 16.9 Å². The molecule has 1 aromatic heterocycles. The number of thioether (sulfide) groups is 1. The van der Waals surface area contributed by atoms with E-state index in [9.17, 15) is 10.1 Å². The van der Waals surface area contributed by atoms with E-state index in [1.807, 2.05) is 25.6 Å². The Kier molecular flexibility index (Phi) is 4.34. The third-order valence-corrected chi connectivity index (χ3v) is 4.34. The Morgan fingerprint density at radius 1 is 1.47 bits per heavy atom. The summed E-state index contributed by atoms with van der Waals surface area (Å²) < 4.78 is 1.73. The maximum atomic E-state index is 11.2. The van der Waals surface area contributed by atoms with Gasteiger partial charge < -0.3 is 5.32 Å². The molecular formula is C12H20N4O2S. The van der Waals surface area contributed by atoms with Gasteiger partial charge in [-0.15, -0.1) is 0 Å². The highest BCUT2D eigenvalue weighted by Crippen LogP contribution is 2.32. The zero-order valence-corrected chi connectivity index (χ0v) is 12.4. The maximum Gasteiger partial charge on any atom is 0.333 e. The lowest BCUT2D eigenvalue weighted by Gasteiger charge is -2.24. The summed E-state index contributed by atoms with van der Waals surface area (Å²) in [6, 6.07) is 0.418. The van der Waals surface area contributed by atoms with Gasteiger partial charge >= 0.3 is 5.69 Å². The molecule has 0 amide bonds. The number of nitro groups is 1. The van der Waals surface area contributed by atoms with Gasteiger partial charge in [0.15, 0.2) is 0 Å². The predicted octanol–water partition coefficient (Wildman–Crippen LogP) is 2.99. The summed E-state index contributed by atoms with van der Waals surface area (Å²) in [5.74, 6) is 2.79. The number of hydrogen-bond acceptors (Lipinski definition) is 5. The zero-order chi connectivity index (χ0) is 14.0. The Bertz CT molecular complexity index is 467. The average molecular weight is 284 g/mol. The van der Waals surface area contributed by atoms with Gasteiger partial charge in [-0.05, 0) is 45.1 Å². The minimum Gasteiger partial charge on any atom is -0.362 e. The minimum absolute atomic E-state index is 0.105. The molecule has 0 saturated carbocycles. The lowest BCUT2D eigenvalue weighted by atomic mass is 10.1. The van der Waals surface area contributed by atoms with Gasteiger partial charge in [-0.25, -0.2) is 4.68 Å². The Hall–Kier alpha value is -1.24. The lowest BCUT2D eigenvalue weighted by Crippen LogP contribution is -2.26. The fourth-order valence-electron chi connectivity index (χ4n) is 2.30. The molecule has 0 bridgehead atoms. The molecule has 1 fully saturated rings. The molecule has 1 aliphatic heterocycles. The molecule has 2 rings (SSSR count). The normalized spacial score (nSPS) is 16.8. The standard InChI is InChI=1S/C12H20N4O2S/c1-8(2)15-12(11(16(17)18)9(3)14-15)13-10-4-6-19-7-5-10/h8,10,13H,4-7H2,1-3H3. The van der Waals surface area contributed by atoms with Crippen LogP contribution in [0.1, 0.15) is 38.4 Å². The van der Waals surface area contributed by atoms with E-state index in [-0.39, 0.29) is 16.7 Å². The van der Waals surface area contributed by atoms with E-state index in [1.54, 1.807) is 11.6 Å².